The van der Waals surface area contributed by atoms with Gasteiger partial charge in [-0.2, -0.15) is 18.4 Å². The van der Waals surface area contributed by atoms with Gasteiger partial charge in [0.2, 0.25) is 0 Å². The molecule has 0 spiro atoms. The van der Waals surface area contributed by atoms with Crippen molar-refractivity contribution in [2.75, 3.05) is 9.80 Å². The lowest BCUT2D eigenvalue weighted by Gasteiger charge is -2.32. The van der Waals surface area contributed by atoms with Gasteiger partial charge in [-0.15, -0.1) is 0 Å². The zero-order valence-electron chi connectivity index (χ0n) is 14.9. The number of pyridine rings is 1. The zero-order valence-corrected chi connectivity index (χ0v) is 14.9. The van der Waals surface area contributed by atoms with Crippen LogP contribution in [0.1, 0.15) is 36.8 Å². The molecule has 1 aliphatic carbocycles. The highest BCUT2D eigenvalue weighted by atomic mass is 19.4. The number of amides is 2. The summed E-state index contributed by atoms with van der Waals surface area (Å²) in [7, 11) is 0. The van der Waals surface area contributed by atoms with Gasteiger partial charge in [-0.3, -0.25) is 14.8 Å². The van der Waals surface area contributed by atoms with Crippen LogP contribution < -0.4 is 9.80 Å². The summed E-state index contributed by atoms with van der Waals surface area (Å²) in [6, 6.07) is 7.86. The van der Waals surface area contributed by atoms with E-state index in [0.29, 0.717) is 5.69 Å². The number of alkyl halides is 3. The average Bonchev–Trinajstić information content (AvgIpc) is 2.99. The number of carbonyl (C=O) groups is 1. The molecule has 2 unspecified atom stereocenters. The van der Waals surface area contributed by atoms with Crippen molar-refractivity contribution in [1.29, 1.82) is 5.26 Å². The highest BCUT2D eigenvalue weighted by Crippen LogP contribution is 2.41. The topological polar surface area (TPSA) is 60.2 Å². The number of hydrogen-bond acceptors (Lipinski definition) is 3. The van der Waals surface area contributed by atoms with Crippen LogP contribution in [0.25, 0.3) is 0 Å². The Hall–Kier alpha value is -3.08. The molecular weight excluding hydrogens is 369 g/mol. The fraction of sp³-hybridized carbons (Fsp3) is 0.350. The van der Waals surface area contributed by atoms with Crippen LogP contribution in [0.2, 0.25) is 0 Å². The third-order valence-electron chi connectivity index (χ3n) is 5.42. The second-order valence-electron chi connectivity index (χ2n) is 6.99. The van der Waals surface area contributed by atoms with E-state index in [-0.39, 0.29) is 23.8 Å². The number of nitrogens with zero attached hydrogens (tertiary/aromatic N) is 4. The molecule has 1 aromatic heterocycles. The van der Waals surface area contributed by atoms with Gasteiger partial charge in [0.05, 0.1) is 29.3 Å². The normalized spacial score (nSPS) is 22.1. The van der Waals surface area contributed by atoms with E-state index in [0.717, 1.165) is 37.8 Å². The lowest BCUT2D eigenvalue weighted by molar-refractivity contribution is -0.137. The minimum absolute atomic E-state index is 0.103. The summed E-state index contributed by atoms with van der Waals surface area (Å²) in [5.74, 6) is 0. The summed E-state index contributed by atoms with van der Waals surface area (Å²) in [5.41, 5.74) is -0.613. The van der Waals surface area contributed by atoms with E-state index in [1.807, 2.05) is 0 Å². The first kappa shape index (κ1) is 18.3. The first-order valence-corrected chi connectivity index (χ1v) is 9.05. The maximum absolute atomic E-state index is 13.4. The predicted molar refractivity (Wildman–Crippen MR) is 96.8 cm³/mol. The standard InChI is InChI=1S/C20H17F3N4O/c21-20(22,23)16-11-15(6-5-13(16)12-24)27-18-4-2-1-3-17(18)26(19(27)28)14-7-9-25-10-8-14/h5-11,17-18H,1-4H2. The lowest BCUT2D eigenvalue weighted by Crippen LogP contribution is -2.40. The minimum Gasteiger partial charge on any atom is -0.289 e. The van der Waals surface area contributed by atoms with Crippen LogP contribution >= 0.6 is 0 Å². The van der Waals surface area contributed by atoms with Crippen LogP contribution in [-0.4, -0.2) is 23.1 Å². The molecule has 5 nitrogen and oxygen atoms in total. The third-order valence-corrected chi connectivity index (χ3v) is 5.42. The highest BCUT2D eigenvalue weighted by Gasteiger charge is 2.48. The molecule has 2 fully saturated rings. The Morgan fingerprint density at radius 3 is 2.18 bits per heavy atom. The van der Waals surface area contributed by atoms with Crippen LogP contribution in [0.4, 0.5) is 29.3 Å². The van der Waals surface area contributed by atoms with Crippen LogP contribution in [0.15, 0.2) is 42.7 Å². The van der Waals surface area contributed by atoms with Crippen molar-refractivity contribution in [3.05, 3.63) is 53.9 Å². The van der Waals surface area contributed by atoms with Gasteiger partial charge >= 0.3 is 12.2 Å². The number of carbonyl (C=O) groups excluding carboxylic acids is 1. The van der Waals surface area contributed by atoms with Gasteiger partial charge in [-0.05, 0) is 43.2 Å². The number of benzene rings is 1. The summed E-state index contributed by atoms with van der Waals surface area (Å²) in [5, 5.41) is 9.02. The molecule has 4 rings (SSSR count). The largest absolute Gasteiger partial charge is 0.417 e. The average molecular weight is 386 g/mol. The summed E-state index contributed by atoms with van der Waals surface area (Å²) >= 11 is 0. The Morgan fingerprint density at radius 2 is 1.61 bits per heavy atom. The molecular formula is C20H17F3N4O. The van der Waals surface area contributed by atoms with Crippen molar-refractivity contribution in [1.82, 2.24) is 4.98 Å². The van der Waals surface area contributed by atoms with Crippen molar-refractivity contribution < 1.29 is 18.0 Å². The lowest BCUT2D eigenvalue weighted by atomic mass is 9.89. The van der Waals surface area contributed by atoms with Gasteiger partial charge in [0, 0.05) is 23.8 Å². The molecule has 2 aromatic rings. The van der Waals surface area contributed by atoms with Crippen LogP contribution in [-0.2, 0) is 6.18 Å². The predicted octanol–water partition coefficient (Wildman–Crippen LogP) is 4.73. The molecule has 8 heteroatoms. The van der Waals surface area contributed by atoms with Crippen molar-refractivity contribution in [3.63, 3.8) is 0 Å². The van der Waals surface area contributed by atoms with E-state index in [1.165, 1.54) is 11.0 Å². The quantitative estimate of drug-likeness (QED) is 0.750. The van der Waals surface area contributed by atoms with E-state index in [1.54, 1.807) is 35.5 Å². The van der Waals surface area contributed by atoms with Crippen LogP contribution in [0.5, 0.6) is 0 Å². The number of rotatable bonds is 2. The van der Waals surface area contributed by atoms with E-state index < -0.39 is 17.3 Å². The SMILES string of the molecule is N#Cc1ccc(N2C(=O)N(c3ccncc3)C3CCCCC32)cc1C(F)(F)F. The number of hydrogen-bond donors (Lipinski definition) is 0. The summed E-state index contributed by atoms with van der Waals surface area (Å²) in [6.07, 6.45) is 1.90. The summed E-state index contributed by atoms with van der Waals surface area (Å²) < 4.78 is 40.2. The Morgan fingerprint density at radius 1 is 1.00 bits per heavy atom. The molecule has 0 N–H and O–H groups in total. The van der Waals surface area contributed by atoms with Crippen molar-refractivity contribution in [3.8, 4) is 6.07 Å². The number of aromatic nitrogens is 1. The molecule has 1 aliphatic heterocycles. The van der Waals surface area contributed by atoms with Gasteiger partial charge in [0.15, 0.2) is 0 Å². The number of anilines is 2. The molecule has 2 heterocycles. The molecule has 144 valence electrons. The van der Waals surface area contributed by atoms with Gasteiger partial charge in [0.1, 0.15) is 0 Å². The van der Waals surface area contributed by atoms with Crippen molar-refractivity contribution >= 4 is 17.4 Å². The monoisotopic (exact) mass is 386 g/mol. The number of nitriles is 1. The molecule has 2 atom stereocenters. The zero-order chi connectivity index (χ0) is 19.9. The first-order valence-electron chi connectivity index (χ1n) is 9.05. The summed E-state index contributed by atoms with van der Waals surface area (Å²) in [6.45, 7) is 0. The maximum Gasteiger partial charge on any atom is 0.417 e. The Balaban J connectivity index is 1.79. The van der Waals surface area contributed by atoms with Crippen molar-refractivity contribution in [2.45, 2.75) is 43.9 Å². The molecule has 1 saturated carbocycles. The van der Waals surface area contributed by atoms with Gasteiger partial charge in [-0.1, -0.05) is 12.8 Å². The molecule has 28 heavy (non-hydrogen) atoms. The fourth-order valence-electron chi connectivity index (χ4n) is 4.22. The summed E-state index contributed by atoms with van der Waals surface area (Å²) in [4.78, 5) is 20.4. The van der Waals surface area contributed by atoms with Gasteiger partial charge in [-0.25, -0.2) is 4.79 Å². The minimum atomic E-state index is -4.67. The van der Waals surface area contributed by atoms with E-state index in [4.69, 9.17) is 5.26 Å². The second-order valence-corrected chi connectivity index (χ2v) is 6.99. The third kappa shape index (κ3) is 2.97. The molecule has 0 bridgehead atoms. The van der Waals surface area contributed by atoms with Crippen LogP contribution in [0, 0.1) is 11.3 Å². The fourth-order valence-corrected chi connectivity index (χ4v) is 4.22. The Labute approximate surface area is 160 Å². The second kappa shape index (κ2) is 6.82. The number of urea groups is 1. The smallest absolute Gasteiger partial charge is 0.289 e. The number of fused-ring (bicyclic) bond motifs is 1. The Bertz CT molecular complexity index is 939. The van der Waals surface area contributed by atoms with E-state index in [2.05, 4.69) is 4.98 Å². The van der Waals surface area contributed by atoms with Crippen molar-refractivity contribution in [2.24, 2.45) is 0 Å². The van der Waals surface area contributed by atoms with Gasteiger partial charge < -0.3 is 0 Å². The maximum atomic E-state index is 13.4. The van der Waals surface area contributed by atoms with Crippen LogP contribution in [0.3, 0.4) is 0 Å². The van der Waals surface area contributed by atoms with E-state index in [9.17, 15) is 18.0 Å². The molecule has 1 saturated heterocycles. The highest BCUT2D eigenvalue weighted by molar-refractivity contribution is 6.07. The Kier molecular flexibility index (Phi) is 4.46. The molecule has 0 radical (unpaired) electrons. The molecule has 2 amide bonds. The first-order chi connectivity index (χ1) is 13.4. The van der Waals surface area contributed by atoms with Gasteiger partial charge in [0.25, 0.3) is 0 Å². The number of halogens is 3. The van der Waals surface area contributed by atoms with E-state index >= 15 is 0 Å². The molecule has 1 aromatic carbocycles. The molecule has 2 aliphatic rings.